The molecule has 38 heavy (non-hydrogen) atoms. The molecule has 0 unspecified atom stereocenters. The highest BCUT2D eigenvalue weighted by Gasteiger charge is 2.42. The smallest absolute Gasteiger partial charge is 0.174 e. The van der Waals surface area contributed by atoms with Crippen LogP contribution in [0.3, 0.4) is 0 Å². The molecule has 2 aliphatic rings. The van der Waals surface area contributed by atoms with Crippen molar-refractivity contribution >= 4 is 23.0 Å². The van der Waals surface area contributed by atoms with E-state index in [0.29, 0.717) is 11.2 Å². The van der Waals surface area contributed by atoms with Gasteiger partial charge in [0.2, 0.25) is 0 Å². The second-order valence-corrected chi connectivity index (χ2v) is 10.5. The van der Waals surface area contributed by atoms with E-state index < -0.39 is 0 Å². The van der Waals surface area contributed by atoms with Crippen LogP contribution in [0.1, 0.15) is 60.4 Å². The molecule has 1 saturated carbocycles. The van der Waals surface area contributed by atoms with Crippen LogP contribution in [0.5, 0.6) is 5.75 Å². The van der Waals surface area contributed by atoms with Gasteiger partial charge in [-0.1, -0.05) is 6.07 Å². The number of ether oxygens (including phenoxy) is 1. The van der Waals surface area contributed by atoms with Crippen LogP contribution in [0.2, 0.25) is 0 Å². The average Bonchev–Trinajstić information content (AvgIpc) is 3.64. The Morgan fingerprint density at radius 3 is 2.34 bits per heavy atom. The van der Waals surface area contributed by atoms with Crippen LogP contribution in [0.4, 0.5) is 10.1 Å². The van der Waals surface area contributed by atoms with Crippen molar-refractivity contribution in [1.29, 1.82) is 0 Å². The maximum absolute atomic E-state index is 13.7. The van der Waals surface area contributed by atoms with Gasteiger partial charge in [0, 0.05) is 29.0 Å². The van der Waals surface area contributed by atoms with Gasteiger partial charge in [-0.15, -0.1) is 0 Å². The summed E-state index contributed by atoms with van der Waals surface area (Å²) in [5, 5.41) is 4.20. The Bertz CT molecular complexity index is 1430. The predicted octanol–water partition coefficient (Wildman–Crippen LogP) is 7.13. The van der Waals surface area contributed by atoms with E-state index in [2.05, 4.69) is 51.8 Å². The summed E-state index contributed by atoms with van der Waals surface area (Å²) in [6.45, 7) is 4.19. The maximum Gasteiger partial charge on any atom is 0.174 e. The molecule has 0 bridgehead atoms. The third-order valence-corrected chi connectivity index (χ3v) is 8.01. The van der Waals surface area contributed by atoms with Crippen molar-refractivity contribution in [3.63, 3.8) is 0 Å². The lowest BCUT2D eigenvalue weighted by Crippen LogP contribution is -2.29. The summed E-state index contributed by atoms with van der Waals surface area (Å²) >= 11 is 5.92. The minimum atomic E-state index is -0.247. The lowest BCUT2D eigenvalue weighted by atomic mass is 9.96. The molecule has 2 atom stereocenters. The third kappa shape index (κ3) is 4.56. The fourth-order valence-electron chi connectivity index (χ4n) is 5.91. The number of nitrogens with one attached hydrogen (secondary N) is 1. The van der Waals surface area contributed by atoms with Crippen molar-refractivity contribution in [1.82, 2.24) is 14.9 Å². The van der Waals surface area contributed by atoms with Crippen molar-refractivity contribution in [2.24, 2.45) is 0 Å². The van der Waals surface area contributed by atoms with Crippen LogP contribution in [0.25, 0.3) is 5.69 Å². The van der Waals surface area contributed by atoms with Gasteiger partial charge in [0.25, 0.3) is 0 Å². The van der Waals surface area contributed by atoms with Gasteiger partial charge in [-0.05, 0) is 124 Å². The number of aromatic nitrogens is 2. The molecule has 4 aromatic rings. The van der Waals surface area contributed by atoms with Gasteiger partial charge >= 0.3 is 0 Å². The summed E-state index contributed by atoms with van der Waals surface area (Å²) in [6.07, 6.45) is 6.86. The molecule has 1 saturated heterocycles. The van der Waals surface area contributed by atoms with E-state index in [4.69, 9.17) is 17.0 Å². The van der Waals surface area contributed by atoms with Crippen LogP contribution >= 0.6 is 12.2 Å². The van der Waals surface area contributed by atoms with Crippen LogP contribution in [-0.4, -0.2) is 20.8 Å². The lowest BCUT2D eigenvalue weighted by molar-refractivity contribution is 0.210. The van der Waals surface area contributed by atoms with Gasteiger partial charge in [0.05, 0.1) is 23.9 Å². The molecule has 2 aromatic carbocycles. The summed E-state index contributed by atoms with van der Waals surface area (Å²) in [6, 6.07) is 22.8. The maximum atomic E-state index is 13.7. The Hall–Kier alpha value is -3.71. The molecular weight excluding hydrogens is 495 g/mol. The Kier molecular flexibility index (Phi) is 6.62. The molecule has 6 rings (SSSR count). The third-order valence-electron chi connectivity index (χ3n) is 7.69. The SMILES string of the molecule is Cc1cc([C@H]2[C@H](c3ccccn3)NC(=S)N2c2ccc(OC3CCCC3)cc2)c(C)n1-c1ccc(F)cc1. The quantitative estimate of drug-likeness (QED) is 0.271. The normalized spacial score (nSPS) is 19.7. The fraction of sp³-hybridized carbons (Fsp3) is 0.290. The highest BCUT2D eigenvalue weighted by Crippen LogP contribution is 2.44. The predicted molar refractivity (Wildman–Crippen MR) is 152 cm³/mol. The Labute approximate surface area is 228 Å². The zero-order chi connectivity index (χ0) is 26.2. The molecule has 3 heterocycles. The van der Waals surface area contributed by atoms with Crippen molar-refractivity contribution in [2.75, 3.05) is 4.90 Å². The molecule has 0 spiro atoms. The number of hydrogen-bond acceptors (Lipinski definition) is 3. The van der Waals surface area contributed by atoms with E-state index in [9.17, 15) is 4.39 Å². The fourth-order valence-corrected chi connectivity index (χ4v) is 6.25. The lowest BCUT2D eigenvalue weighted by Gasteiger charge is -2.28. The van der Waals surface area contributed by atoms with E-state index in [1.807, 2.05) is 48.7 Å². The molecule has 194 valence electrons. The minimum Gasteiger partial charge on any atom is -0.490 e. The van der Waals surface area contributed by atoms with Gasteiger partial charge in [0.15, 0.2) is 5.11 Å². The number of thiocarbonyl (C=S) groups is 1. The van der Waals surface area contributed by atoms with E-state index >= 15 is 0 Å². The van der Waals surface area contributed by atoms with Crippen molar-refractivity contribution in [3.8, 4) is 11.4 Å². The molecule has 5 nitrogen and oxygen atoms in total. The zero-order valence-corrected chi connectivity index (χ0v) is 22.4. The first-order valence-corrected chi connectivity index (χ1v) is 13.6. The van der Waals surface area contributed by atoms with E-state index in [1.165, 1.54) is 25.0 Å². The number of halogens is 1. The number of nitrogens with zero attached hydrogens (tertiary/aromatic N) is 3. The molecular formula is C31H31FN4OS. The second kappa shape index (κ2) is 10.2. The molecule has 2 aromatic heterocycles. The highest BCUT2D eigenvalue weighted by molar-refractivity contribution is 7.80. The number of hydrogen-bond donors (Lipinski definition) is 1. The van der Waals surface area contributed by atoms with Gasteiger partial charge in [0.1, 0.15) is 11.6 Å². The second-order valence-electron chi connectivity index (χ2n) is 10.2. The van der Waals surface area contributed by atoms with E-state index in [0.717, 1.165) is 52.6 Å². The van der Waals surface area contributed by atoms with Crippen LogP contribution in [-0.2, 0) is 0 Å². The number of aryl methyl sites for hydroxylation is 1. The summed E-state index contributed by atoms with van der Waals surface area (Å²) in [4.78, 5) is 6.87. The Morgan fingerprint density at radius 2 is 1.66 bits per heavy atom. The Balaban J connectivity index is 1.41. The van der Waals surface area contributed by atoms with Crippen LogP contribution in [0.15, 0.2) is 79.0 Å². The molecule has 0 amide bonds. The van der Waals surface area contributed by atoms with Crippen molar-refractivity contribution in [2.45, 2.75) is 57.7 Å². The first-order chi connectivity index (χ1) is 18.5. The van der Waals surface area contributed by atoms with Gasteiger partial charge in [-0.2, -0.15) is 0 Å². The first-order valence-electron chi connectivity index (χ1n) is 13.2. The van der Waals surface area contributed by atoms with Crippen LogP contribution < -0.4 is 15.0 Å². The monoisotopic (exact) mass is 526 g/mol. The Morgan fingerprint density at radius 1 is 0.947 bits per heavy atom. The topological polar surface area (TPSA) is 42.3 Å². The van der Waals surface area contributed by atoms with Crippen LogP contribution in [0, 0.1) is 19.7 Å². The number of rotatable bonds is 6. The molecule has 7 heteroatoms. The largest absolute Gasteiger partial charge is 0.490 e. The summed E-state index contributed by atoms with van der Waals surface area (Å²) in [5.41, 5.74) is 6.14. The minimum absolute atomic E-state index is 0.126. The number of anilines is 1. The highest BCUT2D eigenvalue weighted by atomic mass is 32.1. The molecule has 1 aliphatic heterocycles. The van der Waals surface area contributed by atoms with Gasteiger partial charge in [-0.25, -0.2) is 4.39 Å². The summed E-state index contributed by atoms with van der Waals surface area (Å²) < 4.78 is 22.0. The molecule has 2 fully saturated rings. The van der Waals surface area contributed by atoms with Gasteiger partial charge < -0.3 is 19.5 Å². The zero-order valence-electron chi connectivity index (χ0n) is 21.6. The number of benzene rings is 2. The van der Waals surface area contributed by atoms with Crippen molar-refractivity contribution < 1.29 is 9.13 Å². The van der Waals surface area contributed by atoms with E-state index in [1.54, 1.807) is 0 Å². The number of pyridine rings is 1. The summed E-state index contributed by atoms with van der Waals surface area (Å²) in [7, 11) is 0. The van der Waals surface area contributed by atoms with Crippen molar-refractivity contribution in [3.05, 3.63) is 107 Å². The molecule has 1 aliphatic carbocycles. The first kappa shape index (κ1) is 24.6. The van der Waals surface area contributed by atoms with Gasteiger partial charge in [-0.3, -0.25) is 4.98 Å². The summed E-state index contributed by atoms with van der Waals surface area (Å²) in [5.74, 6) is 0.648. The molecule has 0 radical (unpaired) electrons. The average molecular weight is 527 g/mol. The molecule has 1 N–H and O–H groups in total. The van der Waals surface area contributed by atoms with E-state index in [-0.39, 0.29) is 17.9 Å². The standard InChI is InChI=1S/C31H31FN4OS/c1-20-19-27(21(2)35(20)23-12-10-22(32)11-13-23)30-29(28-9-5-6-18-33-28)34-31(38)36(30)24-14-16-26(17-15-24)37-25-7-3-4-8-25/h5-6,9-19,25,29-30H,3-4,7-8H2,1-2H3,(H,34,38)/t29-,30-/m0/s1.